The lowest BCUT2D eigenvalue weighted by Gasteiger charge is -2.24. The minimum atomic E-state index is -0.0744. The molecule has 94 valence electrons. The Morgan fingerprint density at radius 2 is 1.74 bits per heavy atom. The molecule has 1 heterocycles. The van der Waals surface area contributed by atoms with Crippen molar-refractivity contribution >= 4 is 23.0 Å². The van der Waals surface area contributed by atoms with Gasteiger partial charge < -0.3 is 10.2 Å². The van der Waals surface area contributed by atoms with E-state index < -0.39 is 0 Å². The van der Waals surface area contributed by atoms with Crippen molar-refractivity contribution in [2.24, 2.45) is 0 Å². The van der Waals surface area contributed by atoms with E-state index in [9.17, 15) is 4.79 Å². The van der Waals surface area contributed by atoms with Gasteiger partial charge in [0.2, 0.25) is 0 Å². The molecular formula is C16H14N2O. The summed E-state index contributed by atoms with van der Waals surface area (Å²) in [5.41, 5.74) is 3.40. The molecule has 1 aliphatic heterocycles. The highest BCUT2D eigenvalue weighted by Gasteiger charge is 2.23. The maximum Gasteiger partial charge on any atom is 0.257 e. The van der Waals surface area contributed by atoms with E-state index in [4.69, 9.17) is 0 Å². The molecule has 3 nitrogen and oxygen atoms in total. The largest absolute Gasteiger partial charge is 0.335 e. The highest BCUT2D eigenvalue weighted by molar-refractivity contribution is 6.12. The van der Waals surface area contributed by atoms with Crippen LogP contribution in [0, 0.1) is 0 Å². The van der Waals surface area contributed by atoms with Gasteiger partial charge in [0.05, 0.1) is 22.6 Å². The second-order valence-electron chi connectivity index (χ2n) is 4.39. The first-order valence-corrected chi connectivity index (χ1v) is 6.19. The lowest BCUT2D eigenvalue weighted by molar-refractivity contribution is 0.102. The minimum absolute atomic E-state index is 0.0744. The van der Waals surface area contributed by atoms with E-state index in [1.807, 2.05) is 54.6 Å². The summed E-state index contributed by atoms with van der Waals surface area (Å²) >= 11 is 0. The van der Waals surface area contributed by atoms with Gasteiger partial charge in [0.15, 0.2) is 0 Å². The summed E-state index contributed by atoms with van der Waals surface area (Å²) in [6.45, 7) is 4.46. The number of anilines is 3. The molecular weight excluding hydrogens is 236 g/mol. The van der Waals surface area contributed by atoms with Crippen molar-refractivity contribution in [1.82, 2.24) is 0 Å². The van der Waals surface area contributed by atoms with Gasteiger partial charge in [-0.1, -0.05) is 30.3 Å². The number of hydrogen-bond acceptors (Lipinski definition) is 2. The van der Waals surface area contributed by atoms with Gasteiger partial charge in [0.25, 0.3) is 5.91 Å². The van der Waals surface area contributed by atoms with Crippen LogP contribution < -0.4 is 10.2 Å². The van der Waals surface area contributed by atoms with Crippen molar-refractivity contribution in [1.29, 1.82) is 0 Å². The van der Waals surface area contributed by atoms with Crippen molar-refractivity contribution in [2.45, 2.75) is 0 Å². The number of benzene rings is 2. The van der Waals surface area contributed by atoms with E-state index in [0.717, 1.165) is 17.1 Å². The Morgan fingerprint density at radius 1 is 1.05 bits per heavy atom. The van der Waals surface area contributed by atoms with Crippen LogP contribution in [-0.4, -0.2) is 12.5 Å². The summed E-state index contributed by atoms with van der Waals surface area (Å²) < 4.78 is 0. The van der Waals surface area contributed by atoms with Crippen molar-refractivity contribution in [2.75, 3.05) is 16.8 Å². The highest BCUT2D eigenvalue weighted by Crippen LogP contribution is 2.37. The summed E-state index contributed by atoms with van der Waals surface area (Å²) in [5.74, 6) is -0.0744. The van der Waals surface area contributed by atoms with Gasteiger partial charge in [-0.15, -0.1) is 6.58 Å². The summed E-state index contributed by atoms with van der Waals surface area (Å²) in [6, 6.07) is 15.4. The van der Waals surface area contributed by atoms with Gasteiger partial charge in [-0.3, -0.25) is 4.79 Å². The van der Waals surface area contributed by atoms with Gasteiger partial charge >= 0.3 is 0 Å². The number of fused-ring (bicyclic) bond motifs is 2. The van der Waals surface area contributed by atoms with E-state index >= 15 is 0 Å². The van der Waals surface area contributed by atoms with E-state index in [-0.39, 0.29) is 5.91 Å². The second-order valence-corrected chi connectivity index (χ2v) is 4.39. The Kier molecular flexibility index (Phi) is 2.80. The van der Waals surface area contributed by atoms with E-state index in [1.54, 1.807) is 0 Å². The fraction of sp³-hybridized carbons (Fsp3) is 0.0625. The Morgan fingerprint density at radius 3 is 2.53 bits per heavy atom. The first-order valence-electron chi connectivity index (χ1n) is 6.19. The van der Waals surface area contributed by atoms with Crippen LogP contribution in [0.25, 0.3) is 0 Å². The number of carbonyl (C=O) groups is 1. The van der Waals surface area contributed by atoms with E-state index in [2.05, 4.69) is 16.8 Å². The van der Waals surface area contributed by atoms with Crippen LogP contribution >= 0.6 is 0 Å². The number of carbonyl (C=O) groups excluding carboxylic acids is 1. The molecule has 0 atom stereocenters. The average molecular weight is 250 g/mol. The zero-order valence-electron chi connectivity index (χ0n) is 10.5. The predicted octanol–water partition coefficient (Wildman–Crippen LogP) is 3.58. The van der Waals surface area contributed by atoms with Gasteiger partial charge in [-0.25, -0.2) is 0 Å². The summed E-state index contributed by atoms with van der Waals surface area (Å²) in [6.07, 6.45) is 1.84. The van der Waals surface area contributed by atoms with Gasteiger partial charge in [-0.2, -0.15) is 0 Å². The molecule has 0 saturated carbocycles. The number of nitrogens with one attached hydrogen (secondary N) is 1. The molecule has 19 heavy (non-hydrogen) atoms. The fourth-order valence-electron chi connectivity index (χ4n) is 2.36. The third-order valence-electron chi connectivity index (χ3n) is 3.19. The first-order chi connectivity index (χ1) is 9.31. The summed E-state index contributed by atoms with van der Waals surface area (Å²) in [5, 5.41) is 2.95. The maximum atomic E-state index is 12.3. The minimum Gasteiger partial charge on any atom is -0.335 e. The van der Waals surface area contributed by atoms with Gasteiger partial charge in [0.1, 0.15) is 0 Å². The lowest BCUT2D eigenvalue weighted by Crippen LogP contribution is -2.17. The Labute approximate surface area is 112 Å². The molecule has 1 amide bonds. The maximum absolute atomic E-state index is 12.3. The monoisotopic (exact) mass is 250 g/mol. The molecule has 0 unspecified atom stereocenters. The van der Waals surface area contributed by atoms with Crippen molar-refractivity contribution in [3.05, 3.63) is 66.7 Å². The zero-order chi connectivity index (χ0) is 13.2. The smallest absolute Gasteiger partial charge is 0.257 e. The molecule has 0 radical (unpaired) electrons. The molecule has 1 aliphatic rings. The molecule has 0 fully saturated rings. The van der Waals surface area contributed by atoms with Gasteiger partial charge in [-0.05, 0) is 24.3 Å². The molecule has 0 saturated heterocycles. The zero-order valence-corrected chi connectivity index (χ0v) is 10.5. The van der Waals surface area contributed by atoms with Crippen LogP contribution in [0.15, 0.2) is 61.2 Å². The molecule has 0 bridgehead atoms. The topological polar surface area (TPSA) is 32.3 Å². The Hall–Kier alpha value is -2.55. The standard InChI is InChI=1S/C16H14N2O/c1-2-11-18-14-9-5-3-7-12(14)16(19)17-13-8-4-6-10-15(13)18/h2-10H,1,11H2,(H,17,19). The third kappa shape index (κ3) is 1.89. The van der Waals surface area contributed by atoms with Gasteiger partial charge in [0, 0.05) is 6.54 Å². The summed E-state index contributed by atoms with van der Waals surface area (Å²) in [4.78, 5) is 14.3. The number of hydrogen-bond donors (Lipinski definition) is 1. The number of rotatable bonds is 2. The number of para-hydroxylation sites is 3. The SMILES string of the molecule is C=CCN1c2ccccc2NC(=O)c2ccccc21. The van der Waals surface area contributed by atoms with Crippen molar-refractivity contribution < 1.29 is 4.79 Å². The molecule has 0 spiro atoms. The van der Waals surface area contributed by atoms with E-state index in [1.165, 1.54) is 0 Å². The predicted molar refractivity (Wildman–Crippen MR) is 78.0 cm³/mol. The quantitative estimate of drug-likeness (QED) is 0.826. The van der Waals surface area contributed by atoms with Crippen LogP contribution in [0.5, 0.6) is 0 Å². The highest BCUT2D eigenvalue weighted by atomic mass is 16.1. The Balaban J connectivity index is 2.25. The summed E-state index contributed by atoms with van der Waals surface area (Å²) in [7, 11) is 0. The lowest BCUT2D eigenvalue weighted by atomic mass is 10.1. The number of amides is 1. The van der Waals surface area contributed by atoms with Crippen LogP contribution in [0.3, 0.4) is 0 Å². The average Bonchev–Trinajstić information content (AvgIpc) is 2.56. The molecule has 3 heteroatoms. The molecule has 1 N–H and O–H groups in total. The number of nitrogens with zero attached hydrogens (tertiary/aromatic N) is 1. The molecule has 2 aromatic rings. The van der Waals surface area contributed by atoms with Crippen LogP contribution in [0.1, 0.15) is 10.4 Å². The Bertz CT molecular complexity index is 649. The van der Waals surface area contributed by atoms with Crippen molar-refractivity contribution in [3.8, 4) is 0 Å². The normalized spacial score (nSPS) is 13.1. The van der Waals surface area contributed by atoms with E-state index in [0.29, 0.717) is 12.1 Å². The molecule has 2 aromatic carbocycles. The van der Waals surface area contributed by atoms with Crippen LogP contribution in [0.2, 0.25) is 0 Å². The van der Waals surface area contributed by atoms with Crippen LogP contribution in [0.4, 0.5) is 17.1 Å². The first kappa shape index (κ1) is 11.5. The molecule has 3 rings (SSSR count). The molecule has 0 aliphatic carbocycles. The fourth-order valence-corrected chi connectivity index (χ4v) is 2.36. The van der Waals surface area contributed by atoms with Crippen LogP contribution in [-0.2, 0) is 0 Å². The third-order valence-corrected chi connectivity index (χ3v) is 3.19. The molecule has 0 aromatic heterocycles. The van der Waals surface area contributed by atoms with Crippen molar-refractivity contribution in [3.63, 3.8) is 0 Å². The second kappa shape index (κ2) is 4.61.